The van der Waals surface area contributed by atoms with Crippen molar-refractivity contribution in [3.63, 3.8) is 0 Å². The van der Waals surface area contributed by atoms with Crippen LogP contribution in [0.15, 0.2) is 123 Å². The first-order valence-electron chi connectivity index (χ1n) is 14.5. The maximum absolute atomic E-state index is 10.6. The first kappa shape index (κ1) is 33.5. The van der Waals surface area contributed by atoms with Crippen LogP contribution in [0, 0.1) is 0 Å². The molecule has 6 rings (SSSR count). The van der Waals surface area contributed by atoms with E-state index in [1.807, 2.05) is 96.0 Å². The molecule has 0 aliphatic heterocycles. The van der Waals surface area contributed by atoms with Crippen molar-refractivity contribution < 1.29 is 14.3 Å². The molecule has 0 saturated carbocycles. The van der Waals surface area contributed by atoms with E-state index in [1.165, 1.54) is 0 Å². The van der Waals surface area contributed by atoms with Gasteiger partial charge in [-0.1, -0.05) is 12.1 Å². The number of halogens is 1. The van der Waals surface area contributed by atoms with Crippen molar-refractivity contribution in [2.75, 3.05) is 23.8 Å². The summed E-state index contributed by atoms with van der Waals surface area (Å²) in [4.78, 5) is 27.1. The van der Waals surface area contributed by atoms with Crippen molar-refractivity contribution in [3.8, 4) is 11.4 Å². The van der Waals surface area contributed by atoms with Gasteiger partial charge in [0.15, 0.2) is 6.29 Å². The number of aromatic nitrogens is 6. The summed E-state index contributed by atoms with van der Waals surface area (Å²) in [5.41, 5.74) is 6.90. The minimum Gasteiger partial charge on any atom is -0.354 e. The van der Waals surface area contributed by atoms with Crippen LogP contribution in [0.1, 0.15) is 36.3 Å². The lowest BCUT2D eigenvalue weighted by atomic mass is 10.2. The number of carbonyl (C=O) groups is 1. The zero-order valence-corrected chi connectivity index (χ0v) is 26.2. The Bertz CT molecular complexity index is 1740. The van der Waals surface area contributed by atoms with Crippen LogP contribution in [0.4, 0.5) is 22.7 Å². The molecular weight excluding hydrogens is 604 g/mol. The molecule has 46 heavy (non-hydrogen) atoms. The summed E-state index contributed by atoms with van der Waals surface area (Å²) < 4.78 is 15.0. The number of aldehydes is 1. The van der Waals surface area contributed by atoms with Gasteiger partial charge in [0.1, 0.15) is 5.69 Å². The average molecular weight is 639 g/mol. The Morgan fingerprint density at radius 2 is 1.26 bits per heavy atom. The maximum atomic E-state index is 10.6. The molecule has 0 fully saturated rings. The van der Waals surface area contributed by atoms with Crippen LogP contribution in [0.25, 0.3) is 11.4 Å². The van der Waals surface area contributed by atoms with E-state index in [1.54, 1.807) is 43.5 Å². The van der Waals surface area contributed by atoms with Crippen LogP contribution >= 0.6 is 12.4 Å². The third-order valence-corrected chi connectivity index (χ3v) is 6.45. The molecule has 0 unspecified atom stereocenters. The molecule has 0 saturated heterocycles. The van der Waals surface area contributed by atoms with Crippen molar-refractivity contribution >= 4 is 41.4 Å². The van der Waals surface area contributed by atoms with Crippen LogP contribution in [0.5, 0.6) is 0 Å². The molecule has 2 N–H and O–H groups in total. The molecule has 236 valence electrons. The molecule has 4 aromatic heterocycles. The number of carbonyl (C=O) groups excluding carboxylic acids is 1. The number of pyridine rings is 2. The molecule has 0 aliphatic carbocycles. The van der Waals surface area contributed by atoms with Crippen molar-refractivity contribution in [2.45, 2.75) is 20.1 Å². The Morgan fingerprint density at radius 3 is 1.67 bits per heavy atom. The maximum Gasteiger partial charge on any atom is 0.201 e. The van der Waals surface area contributed by atoms with Gasteiger partial charge in [0, 0.05) is 60.8 Å². The lowest BCUT2D eigenvalue weighted by Gasteiger charge is -2.16. The van der Waals surface area contributed by atoms with Gasteiger partial charge in [0.05, 0.1) is 42.1 Å². The molecule has 0 bridgehead atoms. The summed E-state index contributed by atoms with van der Waals surface area (Å²) in [7, 11) is 0. The van der Waals surface area contributed by atoms with E-state index in [2.05, 4.69) is 36.6 Å². The van der Waals surface area contributed by atoms with Gasteiger partial charge in [-0.05, 0) is 74.5 Å². The SMILES string of the molecule is CCOC(OCC)c1ccc(Nc2cccc(-n3ccnc3)c2)cn1.Cl.O=Cc1ccc(Nc2cccc(-n3ccnc3)c2)cn1. The molecule has 0 atom stereocenters. The predicted octanol–water partition coefficient (Wildman–Crippen LogP) is 7.33. The number of anilines is 4. The second-order valence-corrected chi connectivity index (χ2v) is 9.59. The fourth-order valence-corrected chi connectivity index (χ4v) is 4.33. The highest BCUT2D eigenvalue weighted by Crippen LogP contribution is 2.22. The molecule has 0 radical (unpaired) electrons. The lowest BCUT2D eigenvalue weighted by Crippen LogP contribution is -2.10. The molecule has 12 heteroatoms. The summed E-state index contributed by atoms with van der Waals surface area (Å²) >= 11 is 0. The summed E-state index contributed by atoms with van der Waals surface area (Å²) in [6.45, 7) is 5.03. The van der Waals surface area contributed by atoms with E-state index in [9.17, 15) is 4.79 Å². The fraction of sp³-hybridized carbons (Fsp3) is 0.147. The molecule has 0 amide bonds. The number of hydrogen-bond donors (Lipinski definition) is 2. The van der Waals surface area contributed by atoms with Gasteiger partial charge < -0.3 is 29.2 Å². The lowest BCUT2D eigenvalue weighted by molar-refractivity contribution is -0.142. The van der Waals surface area contributed by atoms with E-state index in [0.29, 0.717) is 18.9 Å². The van der Waals surface area contributed by atoms with Crippen molar-refractivity contribution in [3.05, 3.63) is 134 Å². The van der Waals surface area contributed by atoms with Crippen molar-refractivity contribution in [2.24, 2.45) is 0 Å². The highest BCUT2D eigenvalue weighted by atomic mass is 35.5. The Kier molecular flexibility index (Phi) is 12.5. The van der Waals surface area contributed by atoms with Gasteiger partial charge in [0.25, 0.3) is 0 Å². The minimum atomic E-state index is -0.423. The Morgan fingerprint density at radius 1 is 0.717 bits per heavy atom. The number of ether oxygens (including phenoxy) is 2. The van der Waals surface area contributed by atoms with Gasteiger partial charge >= 0.3 is 0 Å². The third kappa shape index (κ3) is 9.32. The normalized spacial score (nSPS) is 10.4. The molecule has 4 heterocycles. The molecule has 0 aliphatic rings. The van der Waals surface area contributed by atoms with E-state index >= 15 is 0 Å². The number of nitrogens with one attached hydrogen (secondary N) is 2. The van der Waals surface area contributed by atoms with E-state index < -0.39 is 6.29 Å². The topological polar surface area (TPSA) is 121 Å². The number of hydrogen-bond acceptors (Lipinski definition) is 9. The Hall–Kier alpha value is -5.36. The van der Waals surface area contributed by atoms with Gasteiger partial charge in [0.2, 0.25) is 6.29 Å². The molecule has 11 nitrogen and oxygen atoms in total. The summed E-state index contributed by atoms with van der Waals surface area (Å²) in [5.74, 6) is 0. The second-order valence-electron chi connectivity index (χ2n) is 9.59. The fourth-order valence-electron chi connectivity index (χ4n) is 4.33. The van der Waals surface area contributed by atoms with Crippen LogP contribution in [0.2, 0.25) is 0 Å². The van der Waals surface area contributed by atoms with Crippen LogP contribution in [-0.4, -0.2) is 48.6 Å². The average Bonchev–Trinajstić information content (AvgIpc) is 3.82. The quantitative estimate of drug-likeness (QED) is 0.105. The van der Waals surface area contributed by atoms with Crippen molar-refractivity contribution in [1.29, 1.82) is 0 Å². The molecular formula is C34H35ClN8O3. The number of imidazole rings is 2. The van der Waals surface area contributed by atoms with Crippen molar-refractivity contribution in [1.82, 2.24) is 29.1 Å². The molecule has 0 spiro atoms. The number of nitrogens with zero attached hydrogens (tertiary/aromatic N) is 6. The first-order valence-corrected chi connectivity index (χ1v) is 14.5. The van der Waals surface area contributed by atoms with Gasteiger partial charge in [-0.2, -0.15) is 0 Å². The number of rotatable bonds is 12. The zero-order valence-electron chi connectivity index (χ0n) is 25.4. The predicted molar refractivity (Wildman–Crippen MR) is 181 cm³/mol. The number of benzene rings is 2. The Labute approximate surface area is 273 Å². The highest BCUT2D eigenvalue weighted by molar-refractivity contribution is 5.85. The zero-order chi connectivity index (χ0) is 31.3. The Balaban J connectivity index is 0.000000209. The second kappa shape index (κ2) is 17.2. The van der Waals surface area contributed by atoms with E-state index in [4.69, 9.17) is 9.47 Å². The van der Waals surface area contributed by atoms with Gasteiger partial charge in [-0.25, -0.2) is 9.97 Å². The highest BCUT2D eigenvalue weighted by Gasteiger charge is 2.12. The monoisotopic (exact) mass is 638 g/mol. The summed E-state index contributed by atoms with van der Waals surface area (Å²) in [5, 5.41) is 6.60. The van der Waals surface area contributed by atoms with Crippen LogP contribution in [-0.2, 0) is 9.47 Å². The summed E-state index contributed by atoms with van der Waals surface area (Å²) in [6, 6.07) is 23.4. The van der Waals surface area contributed by atoms with Gasteiger partial charge in [-0.15, -0.1) is 12.4 Å². The van der Waals surface area contributed by atoms with Crippen LogP contribution in [0.3, 0.4) is 0 Å². The smallest absolute Gasteiger partial charge is 0.201 e. The van der Waals surface area contributed by atoms with E-state index in [-0.39, 0.29) is 12.4 Å². The van der Waals surface area contributed by atoms with Crippen LogP contribution < -0.4 is 10.6 Å². The summed E-state index contributed by atoms with van der Waals surface area (Å²) in [6.07, 6.45) is 14.5. The minimum absolute atomic E-state index is 0. The van der Waals surface area contributed by atoms with Gasteiger partial charge in [-0.3, -0.25) is 14.8 Å². The van der Waals surface area contributed by atoms with E-state index in [0.717, 1.165) is 46.1 Å². The molecule has 6 aromatic rings. The largest absolute Gasteiger partial charge is 0.354 e. The first-order chi connectivity index (χ1) is 22.1. The third-order valence-electron chi connectivity index (χ3n) is 6.45. The molecule has 2 aromatic carbocycles. The standard InChI is InChI=1S/C19H22N4O2.C15H12N4O.ClH/c1-3-24-19(25-4-2)18-9-8-16(13-21-18)22-15-6-5-7-17(12-15)23-11-10-20-14-23;20-10-14-5-4-13(9-17-14)18-12-2-1-3-15(8-12)19-7-6-16-11-19;/h5-14,19,22H,3-4H2,1-2H3;1-11,18H;1H.